The largest absolute Gasteiger partial charge is 0.399 e. The van der Waals surface area contributed by atoms with E-state index in [4.69, 9.17) is 14.5 Å². The predicted molar refractivity (Wildman–Crippen MR) is 170 cm³/mol. The molecule has 0 bridgehead atoms. The molecule has 2 fully saturated rings. The molecular weight excluding hydrogens is 639 g/mol. The number of piperidine rings is 1. The van der Waals surface area contributed by atoms with Crippen molar-refractivity contribution in [1.82, 2.24) is 15.1 Å². The number of likely N-dealkylation sites (tertiary alicyclic amines) is 1. The highest BCUT2D eigenvalue weighted by molar-refractivity contribution is 7.52. The van der Waals surface area contributed by atoms with Crippen LogP contribution in [0.1, 0.15) is 66.9 Å². The summed E-state index contributed by atoms with van der Waals surface area (Å²) >= 11 is 1.01. The second kappa shape index (κ2) is 13.1. The number of hydrogen-bond donors (Lipinski definition) is 3. The molecule has 46 heavy (non-hydrogen) atoms. The summed E-state index contributed by atoms with van der Waals surface area (Å²) in [7, 11) is -5.77. The number of carbonyl (C=O) groups is 3. The number of halogens is 2. The first-order chi connectivity index (χ1) is 21.6. The van der Waals surface area contributed by atoms with Gasteiger partial charge in [-0.05, 0) is 53.8 Å². The van der Waals surface area contributed by atoms with Crippen LogP contribution in [-0.4, -0.2) is 75.6 Å². The molecule has 0 spiro atoms. The van der Waals surface area contributed by atoms with Crippen LogP contribution in [-0.2, 0) is 24.6 Å². The van der Waals surface area contributed by atoms with Gasteiger partial charge in [0.25, 0.3) is 5.91 Å². The van der Waals surface area contributed by atoms with Crippen molar-refractivity contribution < 1.29 is 42.3 Å². The van der Waals surface area contributed by atoms with E-state index in [2.05, 4.69) is 5.32 Å². The highest BCUT2D eigenvalue weighted by atomic mass is 32.1. The molecule has 10 nitrogen and oxygen atoms in total. The molecule has 0 saturated carbocycles. The third kappa shape index (κ3) is 7.03. The highest BCUT2D eigenvalue weighted by Crippen LogP contribution is 2.59. The first-order valence-corrected chi connectivity index (χ1v) is 17.5. The zero-order chi connectivity index (χ0) is 33.4. The van der Waals surface area contributed by atoms with Crippen molar-refractivity contribution >= 4 is 46.7 Å². The van der Waals surface area contributed by atoms with Crippen LogP contribution in [0.15, 0.2) is 54.6 Å². The van der Waals surface area contributed by atoms with Gasteiger partial charge in [-0.2, -0.15) is 8.78 Å². The van der Waals surface area contributed by atoms with Gasteiger partial charge in [-0.15, -0.1) is 11.3 Å². The summed E-state index contributed by atoms with van der Waals surface area (Å²) in [5.74, 6) is -1.13. The van der Waals surface area contributed by atoms with E-state index in [1.807, 2.05) is 51.1 Å². The quantitative estimate of drug-likeness (QED) is 0.291. The first kappa shape index (κ1) is 34.1. The van der Waals surface area contributed by atoms with Crippen LogP contribution in [0.25, 0.3) is 10.1 Å². The number of alkyl halides is 2. The number of amides is 3. The zero-order valence-electron chi connectivity index (χ0n) is 25.8. The van der Waals surface area contributed by atoms with Crippen LogP contribution in [0.4, 0.5) is 8.78 Å². The number of hydrogen-bond acceptors (Lipinski definition) is 6. The van der Waals surface area contributed by atoms with Crippen molar-refractivity contribution in [1.29, 1.82) is 0 Å². The van der Waals surface area contributed by atoms with Crippen molar-refractivity contribution in [2.24, 2.45) is 5.41 Å². The van der Waals surface area contributed by atoms with Crippen LogP contribution in [0.5, 0.6) is 0 Å². The lowest BCUT2D eigenvalue weighted by Gasteiger charge is -2.43. The summed E-state index contributed by atoms with van der Waals surface area (Å²) in [6.45, 7) is 6.95. The fraction of sp³-hybridized carbons (Fsp3) is 0.469. The number of fused-ring (bicyclic) bond motifs is 1. The number of thiophene rings is 1. The van der Waals surface area contributed by atoms with E-state index in [1.165, 1.54) is 12.1 Å². The van der Waals surface area contributed by atoms with E-state index in [9.17, 15) is 27.7 Å². The minimum Gasteiger partial charge on any atom is -0.370 e. The van der Waals surface area contributed by atoms with Crippen molar-refractivity contribution in [3.8, 4) is 0 Å². The van der Waals surface area contributed by atoms with Crippen molar-refractivity contribution in [2.45, 2.75) is 63.9 Å². The lowest BCUT2D eigenvalue weighted by atomic mass is 9.84. The van der Waals surface area contributed by atoms with Gasteiger partial charge in [-0.1, -0.05) is 57.2 Å². The van der Waals surface area contributed by atoms with Gasteiger partial charge in [0.05, 0.1) is 18.0 Å². The molecule has 3 heterocycles. The number of rotatable bonds is 7. The van der Waals surface area contributed by atoms with Crippen LogP contribution in [0, 0.1) is 5.41 Å². The topological polar surface area (TPSA) is 136 Å². The Morgan fingerprint density at radius 2 is 1.76 bits per heavy atom. The molecule has 3 aromatic rings. The number of morpholine rings is 1. The van der Waals surface area contributed by atoms with Gasteiger partial charge in [0.1, 0.15) is 18.2 Å². The predicted octanol–water partition coefficient (Wildman–Crippen LogP) is 5.25. The maximum atomic E-state index is 14.3. The maximum absolute atomic E-state index is 14.3. The average Bonchev–Trinajstić information content (AvgIpc) is 3.46. The van der Waals surface area contributed by atoms with Crippen LogP contribution >= 0.6 is 18.9 Å². The molecular formula is C32H38F2N3O7PS. The molecule has 0 radical (unpaired) electrons. The van der Waals surface area contributed by atoms with Gasteiger partial charge >= 0.3 is 13.3 Å². The molecule has 14 heteroatoms. The summed E-state index contributed by atoms with van der Waals surface area (Å²) < 4.78 is 46.4. The third-order valence-electron chi connectivity index (χ3n) is 8.46. The molecule has 3 atom stereocenters. The Morgan fingerprint density at radius 3 is 2.43 bits per heavy atom. The SMILES string of the molecule is CC(C)(C)[C@H](NC(=O)c1cc2cc(C(F)(F)P(=O)(O)O)ccc2s1)C(=O)N1CCCC[C@H]1C(=O)N1CCO[C@H](c2ccccc2)C1. The number of nitrogens with one attached hydrogen (secondary N) is 1. The molecule has 2 aliphatic heterocycles. The van der Waals surface area contributed by atoms with E-state index in [-0.39, 0.29) is 28.2 Å². The van der Waals surface area contributed by atoms with E-state index < -0.39 is 42.2 Å². The minimum absolute atomic E-state index is 0.139. The van der Waals surface area contributed by atoms with Crippen LogP contribution in [0.3, 0.4) is 0 Å². The Hall–Kier alpha value is -3.22. The highest BCUT2D eigenvalue weighted by Gasteiger charge is 2.50. The number of benzene rings is 2. The molecule has 3 N–H and O–H groups in total. The van der Waals surface area contributed by atoms with E-state index in [0.717, 1.165) is 35.5 Å². The van der Waals surface area contributed by atoms with Gasteiger partial charge in [0.15, 0.2) is 0 Å². The number of ether oxygens (including phenoxy) is 1. The Labute approximate surface area is 269 Å². The van der Waals surface area contributed by atoms with Crippen molar-refractivity contribution in [2.75, 3.05) is 26.2 Å². The Balaban J connectivity index is 1.34. The summed E-state index contributed by atoms with van der Waals surface area (Å²) in [4.78, 5) is 63.3. The van der Waals surface area contributed by atoms with Gasteiger partial charge in [0.2, 0.25) is 11.8 Å². The Bertz CT molecular complexity index is 1660. The van der Waals surface area contributed by atoms with Gasteiger partial charge < -0.3 is 29.6 Å². The molecule has 248 valence electrons. The van der Waals surface area contributed by atoms with Gasteiger partial charge in [0, 0.05) is 23.4 Å². The average molecular weight is 678 g/mol. The molecule has 2 aliphatic rings. The second-order valence-electron chi connectivity index (χ2n) is 12.8. The first-order valence-electron chi connectivity index (χ1n) is 15.1. The molecule has 2 aromatic carbocycles. The molecule has 2 saturated heterocycles. The van der Waals surface area contributed by atoms with Crippen molar-refractivity contribution in [3.63, 3.8) is 0 Å². The second-order valence-corrected chi connectivity index (χ2v) is 15.6. The summed E-state index contributed by atoms with van der Waals surface area (Å²) in [5, 5.41) is 3.04. The summed E-state index contributed by atoms with van der Waals surface area (Å²) in [6.07, 6.45) is 1.73. The minimum atomic E-state index is -5.77. The van der Waals surface area contributed by atoms with Gasteiger partial charge in [-0.25, -0.2) is 0 Å². The molecule has 3 amide bonds. The smallest absolute Gasteiger partial charge is 0.370 e. The molecule has 0 aliphatic carbocycles. The Morgan fingerprint density at radius 1 is 1.04 bits per heavy atom. The summed E-state index contributed by atoms with van der Waals surface area (Å²) in [6, 6.07) is 12.5. The summed E-state index contributed by atoms with van der Waals surface area (Å²) in [5.41, 5.74) is -5.02. The van der Waals surface area contributed by atoms with Crippen LogP contribution < -0.4 is 5.32 Å². The van der Waals surface area contributed by atoms with Crippen molar-refractivity contribution in [3.05, 3.63) is 70.6 Å². The fourth-order valence-electron chi connectivity index (χ4n) is 5.91. The molecule has 5 rings (SSSR count). The van der Waals surface area contributed by atoms with E-state index in [1.54, 1.807) is 9.80 Å². The zero-order valence-corrected chi connectivity index (χ0v) is 27.5. The fourth-order valence-corrected chi connectivity index (χ4v) is 7.33. The standard InChI is InChI=1S/C32H38F2N3O7PS/c1-31(2,3)27(35-28(38)26-18-21-17-22(12-13-25(21)46-26)32(33,34)45(41,42)43)30(40)37-14-8-7-11-23(37)29(39)36-15-16-44-24(19-36)20-9-5-4-6-10-20/h4-6,9-10,12-13,17-18,23-24,27H,7-8,11,14-16,19H2,1-3H3,(H,35,38)(H2,41,42,43)/t23-,24-,27+/m0/s1. The van der Waals surface area contributed by atoms with E-state index in [0.29, 0.717) is 43.8 Å². The Kier molecular flexibility index (Phi) is 9.73. The lowest BCUT2D eigenvalue weighted by molar-refractivity contribution is -0.154. The van der Waals surface area contributed by atoms with Gasteiger partial charge in [-0.3, -0.25) is 18.9 Å². The van der Waals surface area contributed by atoms with Crippen LogP contribution in [0.2, 0.25) is 0 Å². The number of carbonyl (C=O) groups excluding carboxylic acids is 3. The maximum Gasteiger partial charge on any atom is 0.399 e. The molecule has 0 unspecified atom stereocenters. The number of nitrogens with zero attached hydrogens (tertiary/aromatic N) is 2. The monoisotopic (exact) mass is 677 g/mol. The molecule has 1 aromatic heterocycles. The third-order valence-corrected chi connectivity index (χ3v) is 10.6. The van der Waals surface area contributed by atoms with E-state index >= 15 is 0 Å². The normalized spacial score (nSPS) is 20.4. The lowest BCUT2D eigenvalue weighted by Crippen LogP contribution is -2.61.